The first-order valence-corrected chi connectivity index (χ1v) is 9.11. The molecule has 150 valence electrons. The Kier molecular flexibility index (Phi) is 7.44. The summed E-state index contributed by atoms with van der Waals surface area (Å²) in [4.78, 5) is 24.2. The fourth-order valence-electron chi connectivity index (χ4n) is 2.89. The number of aryl methyl sites for hydroxylation is 3. The molecule has 0 fully saturated rings. The average Bonchev–Trinajstić information content (AvgIpc) is 2.65. The molecule has 0 unspecified atom stereocenters. The van der Waals surface area contributed by atoms with Crippen molar-refractivity contribution in [2.75, 3.05) is 13.7 Å². The molecule has 6 nitrogen and oxygen atoms in total. The van der Waals surface area contributed by atoms with Crippen LogP contribution in [0.5, 0.6) is 11.5 Å². The van der Waals surface area contributed by atoms with Crippen molar-refractivity contribution in [3.63, 3.8) is 0 Å². The van der Waals surface area contributed by atoms with Crippen molar-refractivity contribution < 1.29 is 23.8 Å². The van der Waals surface area contributed by atoms with Gasteiger partial charge >= 0.3 is 5.97 Å². The van der Waals surface area contributed by atoms with E-state index in [1.54, 1.807) is 7.11 Å². The van der Waals surface area contributed by atoms with Gasteiger partial charge in [0.15, 0.2) is 12.7 Å². The third kappa shape index (κ3) is 6.01. The van der Waals surface area contributed by atoms with E-state index in [0.717, 1.165) is 28.0 Å². The van der Waals surface area contributed by atoms with Gasteiger partial charge in [-0.2, -0.15) is 0 Å². The number of ether oxygens (including phenoxy) is 3. The van der Waals surface area contributed by atoms with Crippen LogP contribution in [-0.4, -0.2) is 31.7 Å². The van der Waals surface area contributed by atoms with Gasteiger partial charge in [-0.1, -0.05) is 29.8 Å². The van der Waals surface area contributed by atoms with Crippen molar-refractivity contribution >= 4 is 11.9 Å². The number of amides is 1. The van der Waals surface area contributed by atoms with E-state index in [9.17, 15) is 9.59 Å². The molecule has 0 aromatic heterocycles. The van der Waals surface area contributed by atoms with E-state index < -0.39 is 12.1 Å². The number of nitrogens with one attached hydrogen (secondary N) is 1. The minimum atomic E-state index is -0.908. The van der Waals surface area contributed by atoms with Crippen LogP contribution in [0, 0.1) is 20.8 Å². The van der Waals surface area contributed by atoms with Crippen LogP contribution in [0.2, 0.25) is 0 Å². The summed E-state index contributed by atoms with van der Waals surface area (Å²) < 4.78 is 15.9. The van der Waals surface area contributed by atoms with E-state index in [0.29, 0.717) is 12.3 Å². The van der Waals surface area contributed by atoms with Gasteiger partial charge in [0.25, 0.3) is 5.91 Å². The van der Waals surface area contributed by atoms with Crippen LogP contribution >= 0.6 is 0 Å². The quantitative estimate of drug-likeness (QED) is 0.706. The average molecular weight is 385 g/mol. The minimum Gasteiger partial charge on any atom is -0.497 e. The third-order valence-corrected chi connectivity index (χ3v) is 4.24. The maximum Gasteiger partial charge on any atom is 0.344 e. The van der Waals surface area contributed by atoms with Gasteiger partial charge in [0.05, 0.1) is 7.11 Å². The summed E-state index contributed by atoms with van der Waals surface area (Å²) in [6.45, 7) is 7.48. The second-order valence-electron chi connectivity index (χ2n) is 6.71. The normalized spacial score (nSPS) is 11.5. The smallest absolute Gasteiger partial charge is 0.344 e. The molecule has 0 saturated carbocycles. The van der Waals surface area contributed by atoms with E-state index in [1.165, 1.54) is 6.92 Å². The Morgan fingerprint density at radius 2 is 1.64 bits per heavy atom. The standard InChI is InChI=1S/C22H27NO5/c1-14-10-15(2)21(16(3)11-14)27-13-20(24)28-17(4)22(25)23-12-18-6-8-19(26-5)9-7-18/h6-11,17H,12-13H2,1-5H3,(H,23,25)/t17-/m0/s1. The van der Waals surface area contributed by atoms with Gasteiger partial charge in [0.1, 0.15) is 11.5 Å². The van der Waals surface area contributed by atoms with Crippen molar-refractivity contribution in [1.82, 2.24) is 5.32 Å². The zero-order chi connectivity index (χ0) is 20.7. The molecule has 0 bridgehead atoms. The lowest BCUT2D eigenvalue weighted by molar-refractivity contribution is -0.156. The molecule has 0 aliphatic carbocycles. The van der Waals surface area contributed by atoms with Gasteiger partial charge in [0, 0.05) is 6.54 Å². The molecular weight excluding hydrogens is 358 g/mol. The monoisotopic (exact) mass is 385 g/mol. The largest absolute Gasteiger partial charge is 0.497 e. The van der Waals surface area contributed by atoms with E-state index in [1.807, 2.05) is 57.2 Å². The van der Waals surface area contributed by atoms with Gasteiger partial charge in [0.2, 0.25) is 0 Å². The van der Waals surface area contributed by atoms with E-state index >= 15 is 0 Å². The molecule has 1 N–H and O–H groups in total. The van der Waals surface area contributed by atoms with Crippen molar-refractivity contribution in [1.29, 1.82) is 0 Å². The topological polar surface area (TPSA) is 73.9 Å². The molecular formula is C22H27NO5. The molecule has 0 aliphatic rings. The first kappa shape index (κ1) is 21.3. The summed E-state index contributed by atoms with van der Waals surface area (Å²) in [5.74, 6) is 0.453. The van der Waals surface area contributed by atoms with E-state index in [-0.39, 0.29) is 12.5 Å². The zero-order valence-corrected chi connectivity index (χ0v) is 17.0. The van der Waals surface area contributed by atoms with Gasteiger partial charge in [-0.05, 0) is 56.5 Å². The van der Waals surface area contributed by atoms with E-state index in [2.05, 4.69) is 5.32 Å². The summed E-state index contributed by atoms with van der Waals surface area (Å²) in [5.41, 5.74) is 3.96. The third-order valence-electron chi connectivity index (χ3n) is 4.24. The van der Waals surface area contributed by atoms with Gasteiger partial charge in [-0.3, -0.25) is 4.79 Å². The summed E-state index contributed by atoms with van der Waals surface area (Å²) in [6.07, 6.45) is -0.908. The van der Waals surface area contributed by atoms with Crippen molar-refractivity contribution in [3.8, 4) is 11.5 Å². The van der Waals surface area contributed by atoms with Crippen molar-refractivity contribution in [3.05, 3.63) is 58.7 Å². The molecule has 0 radical (unpaired) electrons. The molecule has 6 heteroatoms. The predicted molar refractivity (Wildman–Crippen MR) is 107 cm³/mol. The Labute approximate surface area is 165 Å². The first-order valence-electron chi connectivity index (χ1n) is 9.11. The minimum absolute atomic E-state index is 0.249. The number of esters is 1. The van der Waals surface area contributed by atoms with Crippen molar-refractivity contribution in [2.24, 2.45) is 0 Å². The number of hydrogen-bond donors (Lipinski definition) is 1. The van der Waals surface area contributed by atoms with Crippen LogP contribution in [0.1, 0.15) is 29.2 Å². The second kappa shape index (κ2) is 9.78. The van der Waals surface area contributed by atoms with Crippen LogP contribution < -0.4 is 14.8 Å². The summed E-state index contributed by atoms with van der Waals surface area (Å²) in [5, 5.41) is 2.74. The molecule has 2 aromatic carbocycles. The highest BCUT2D eigenvalue weighted by molar-refractivity contribution is 5.83. The van der Waals surface area contributed by atoms with Crippen LogP contribution in [0.25, 0.3) is 0 Å². The van der Waals surface area contributed by atoms with Crippen LogP contribution in [0.3, 0.4) is 0 Å². The Balaban J connectivity index is 1.80. The lowest BCUT2D eigenvalue weighted by Gasteiger charge is -2.16. The molecule has 0 spiro atoms. The molecule has 0 saturated heterocycles. The molecule has 28 heavy (non-hydrogen) atoms. The Bertz CT molecular complexity index is 806. The first-order chi connectivity index (χ1) is 13.3. The maximum atomic E-state index is 12.1. The SMILES string of the molecule is COc1ccc(CNC(=O)[C@H](C)OC(=O)COc2c(C)cc(C)cc2C)cc1. The Hall–Kier alpha value is -3.02. The van der Waals surface area contributed by atoms with Crippen molar-refractivity contribution in [2.45, 2.75) is 40.3 Å². The highest BCUT2D eigenvalue weighted by Crippen LogP contribution is 2.24. The predicted octanol–water partition coefficient (Wildman–Crippen LogP) is 3.25. The number of hydrogen-bond acceptors (Lipinski definition) is 5. The number of carbonyl (C=O) groups excluding carboxylic acids is 2. The van der Waals surface area contributed by atoms with Crippen LogP contribution in [-0.2, 0) is 20.9 Å². The Morgan fingerprint density at radius 3 is 2.21 bits per heavy atom. The maximum absolute atomic E-state index is 12.1. The molecule has 0 heterocycles. The number of carbonyl (C=O) groups is 2. The number of benzene rings is 2. The second-order valence-corrected chi connectivity index (χ2v) is 6.71. The molecule has 1 amide bonds. The molecule has 2 aromatic rings. The van der Waals surface area contributed by atoms with Crippen LogP contribution in [0.15, 0.2) is 36.4 Å². The van der Waals surface area contributed by atoms with Gasteiger partial charge < -0.3 is 19.5 Å². The summed E-state index contributed by atoms with van der Waals surface area (Å²) >= 11 is 0. The lowest BCUT2D eigenvalue weighted by Crippen LogP contribution is -2.36. The number of rotatable bonds is 8. The van der Waals surface area contributed by atoms with Crippen LogP contribution in [0.4, 0.5) is 0 Å². The zero-order valence-electron chi connectivity index (χ0n) is 17.0. The fourth-order valence-corrected chi connectivity index (χ4v) is 2.89. The molecule has 2 rings (SSSR count). The highest BCUT2D eigenvalue weighted by atomic mass is 16.6. The molecule has 1 atom stereocenters. The lowest BCUT2D eigenvalue weighted by atomic mass is 10.1. The summed E-state index contributed by atoms with van der Waals surface area (Å²) in [6, 6.07) is 11.3. The fraction of sp³-hybridized carbons (Fsp3) is 0.364. The van der Waals surface area contributed by atoms with Gasteiger partial charge in [-0.15, -0.1) is 0 Å². The summed E-state index contributed by atoms with van der Waals surface area (Å²) in [7, 11) is 1.60. The number of methoxy groups -OCH3 is 1. The highest BCUT2D eigenvalue weighted by Gasteiger charge is 2.18. The Morgan fingerprint density at radius 1 is 1.04 bits per heavy atom. The van der Waals surface area contributed by atoms with E-state index in [4.69, 9.17) is 14.2 Å². The van der Waals surface area contributed by atoms with Gasteiger partial charge in [-0.25, -0.2) is 4.79 Å². The molecule has 0 aliphatic heterocycles.